The molecule has 0 saturated carbocycles. The zero-order valence-corrected chi connectivity index (χ0v) is 16.7. The van der Waals surface area contributed by atoms with Gasteiger partial charge in [0.2, 0.25) is 5.91 Å². The van der Waals surface area contributed by atoms with E-state index in [0.29, 0.717) is 24.2 Å². The van der Waals surface area contributed by atoms with Crippen LogP contribution in [0.25, 0.3) is 0 Å². The molecule has 0 aliphatic carbocycles. The molecule has 150 valence electrons. The first kappa shape index (κ1) is 19.6. The predicted molar refractivity (Wildman–Crippen MR) is 114 cm³/mol. The molecule has 3 amide bonds. The van der Waals surface area contributed by atoms with Crippen LogP contribution in [0.4, 0.5) is 0 Å². The summed E-state index contributed by atoms with van der Waals surface area (Å²) in [5.74, 6) is -1.11. The minimum absolute atomic E-state index is 0.266. The molecule has 3 aromatic carbocycles. The Morgan fingerprint density at radius 1 is 0.733 bits per heavy atom. The highest BCUT2D eigenvalue weighted by Gasteiger charge is 2.41. The fourth-order valence-corrected chi connectivity index (χ4v) is 3.75. The molecule has 1 aliphatic rings. The molecule has 30 heavy (non-hydrogen) atoms. The third-order valence-corrected chi connectivity index (χ3v) is 5.31. The van der Waals surface area contributed by atoms with Gasteiger partial charge in [-0.25, -0.2) is 0 Å². The highest BCUT2D eigenvalue weighted by atomic mass is 16.2. The molecule has 0 saturated heterocycles. The van der Waals surface area contributed by atoms with Crippen molar-refractivity contribution in [2.75, 3.05) is 0 Å². The number of benzene rings is 3. The summed E-state index contributed by atoms with van der Waals surface area (Å²) in [5, 5.41) is 0. The largest absolute Gasteiger partial charge is 0.332 e. The predicted octanol–water partition coefficient (Wildman–Crippen LogP) is 3.90. The molecule has 1 atom stereocenters. The number of hydrogen-bond acceptors (Lipinski definition) is 3. The molecule has 1 heterocycles. The summed E-state index contributed by atoms with van der Waals surface area (Å²) in [7, 11) is 0. The van der Waals surface area contributed by atoms with Gasteiger partial charge in [-0.1, -0.05) is 72.8 Å². The number of imide groups is 1. The molecule has 4 rings (SSSR count). The molecule has 0 radical (unpaired) electrons. The zero-order valence-electron chi connectivity index (χ0n) is 16.7. The second kappa shape index (κ2) is 8.33. The van der Waals surface area contributed by atoms with E-state index in [1.807, 2.05) is 60.7 Å². The van der Waals surface area contributed by atoms with Crippen LogP contribution >= 0.6 is 0 Å². The Morgan fingerprint density at radius 3 is 1.57 bits per heavy atom. The maximum Gasteiger partial charge on any atom is 0.262 e. The van der Waals surface area contributed by atoms with Crippen LogP contribution in [-0.4, -0.2) is 33.6 Å². The lowest BCUT2D eigenvalue weighted by Gasteiger charge is -2.29. The van der Waals surface area contributed by atoms with Crippen LogP contribution in [0.15, 0.2) is 84.9 Å². The highest BCUT2D eigenvalue weighted by molar-refractivity contribution is 6.22. The normalized spacial score (nSPS) is 13.8. The Labute approximate surface area is 175 Å². The van der Waals surface area contributed by atoms with E-state index in [9.17, 15) is 14.4 Å². The van der Waals surface area contributed by atoms with Crippen molar-refractivity contribution in [2.24, 2.45) is 0 Å². The van der Waals surface area contributed by atoms with Crippen LogP contribution in [0.2, 0.25) is 0 Å². The Bertz CT molecular complexity index is 1000. The van der Waals surface area contributed by atoms with Crippen LogP contribution < -0.4 is 0 Å². The standard InChI is InChI=1S/C25H22N2O3/c1-18(27-24(29)21-14-8-9-15-22(21)25(27)30)23(28)26(16-19-10-4-2-5-11-19)17-20-12-6-3-7-13-20/h2-15,18H,16-17H2,1H3/t18-/m1/s1. The van der Waals surface area contributed by atoms with Crippen molar-refractivity contribution in [2.45, 2.75) is 26.1 Å². The van der Waals surface area contributed by atoms with Crippen LogP contribution in [0.5, 0.6) is 0 Å². The van der Waals surface area contributed by atoms with Gasteiger partial charge in [0, 0.05) is 13.1 Å². The molecule has 0 spiro atoms. The number of hydrogen-bond donors (Lipinski definition) is 0. The van der Waals surface area contributed by atoms with Gasteiger partial charge in [-0.2, -0.15) is 0 Å². The smallest absolute Gasteiger partial charge is 0.262 e. The first-order valence-electron chi connectivity index (χ1n) is 9.90. The van der Waals surface area contributed by atoms with Crippen molar-refractivity contribution in [3.8, 4) is 0 Å². The van der Waals surface area contributed by atoms with Crippen molar-refractivity contribution in [1.29, 1.82) is 0 Å². The number of carbonyl (C=O) groups is 3. The zero-order chi connectivity index (χ0) is 21.1. The molecule has 5 heteroatoms. The number of nitrogens with zero attached hydrogens (tertiary/aromatic N) is 2. The monoisotopic (exact) mass is 398 g/mol. The summed E-state index contributed by atoms with van der Waals surface area (Å²) in [6.07, 6.45) is 0. The Kier molecular flexibility index (Phi) is 5.44. The van der Waals surface area contributed by atoms with Gasteiger partial charge in [0.05, 0.1) is 11.1 Å². The Morgan fingerprint density at radius 2 is 1.13 bits per heavy atom. The maximum absolute atomic E-state index is 13.5. The van der Waals surface area contributed by atoms with Crippen LogP contribution in [0.1, 0.15) is 38.8 Å². The average Bonchev–Trinajstić information content (AvgIpc) is 3.04. The van der Waals surface area contributed by atoms with E-state index < -0.39 is 17.9 Å². The minimum atomic E-state index is -0.898. The molecule has 0 N–H and O–H groups in total. The van der Waals surface area contributed by atoms with Crippen molar-refractivity contribution in [3.05, 3.63) is 107 Å². The lowest BCUT2D eigenvalue weighted by atomic mass is 10.1. The van der Waals surface area contributed by atoms with Crippen LogP contribution in [0, 0.1) is 0 Å². The van der Waals surface area contributed by atoms with Gasteiger partial charge in [-0.3, -0.25) is 19.3 Å². The fraction of sp³-hybridized carbons (Fsp3) is 0.160. The lowest BCUT2D eigenvalue weighted by molar-refractivity contribution is -0.136. The number of amides is 3. The summed E-state index contributed by atoms with van der Waals surface area (Å²) < 4.78 is 0. The molecule has 0 aromatic heterocycles. The van der Waals surface area contributed by atoms with E-state index in [1.165, 1.54) is 0 Å². The van der Waals surface area contributed by atoms with Gasteiger partial charge >= 0.3 is 0 Å². The second-order valence-electron chi connectivity index (χ2n) is 7.37. The average molecular weight is 398 g/mol. The number of carbonyl (C=O) groups excluding carboxylic acids is 3. The Balaban J connectivity index is 1.61. The van der Waals surface area contributed by atoms with Crippen LogP contribution in [0.3, 0.4) is 0 Å². The van der Waals surface area contributed by atoms with Crippen LogP contribution in [-0.2, 0) is 17.9 Å². The number of rotatable bonds is 6. The van der Waals surface area contributed by atoms with Crippen molar-refractivity contribution >= 4 is 17.7 Å². The van der Waals surface area contributed by atoms with E-state index >= 15 is 0 Å². The van der Waals surface area contributed by atoms with Crippen molar-refractivity contribution in [1.82, 2.24) is 9.80 Å². The third kappa shape index (κ3) is 3.74. The summed E-state index contributed by atoms with van der Waals surface area (Å²) in [6, 6.07) is 25.2. The van der Waals surface area contributed by atoms with Gasteiger partial charge in [0.1, 0.15) is 6.04 Å². The summed E-state index contributed by atoms with van der Waals surface area (Å²) in [5.41, 5.74) is 2.66. The van der Waals surface area contributed by atoms with Gasteiger partial charge in [-0.05, 0) is 30.2 Å². The highest BCUT2D eigenvalue weighted by Crippen LogP contribution is 2.25. The van der Waals surface area contributed by atoms with Gasteiger partial charge in [-0.15, -0.1) is 0 Å². The molecule has 5 nitrogen and oxygen atoms in total. The maximum atomic E-state index is 13.5. The van der Waals surface area contributed by atoms with Gasteiger partial charge < -0.3 is 4.90 Å². The van der Waals surface area contributed by atoms with Crippen molar-refractivity contribution < 1.29 is 14.4 Å². The molecule has 0 fully saturated rings. The molecular formula is C25H22N2O3. The molecule has 1 aliphatic heterocycles. The van der Waals surface area contributed by atoms with Gasteiger partial charge in [0.15, 0.2) is 0 Å². The van der Waals surface area contributed by atoms with E-state index in [4.69, 9.17) is 0 Å². The second-order valence-corrected chi connectivity index (χ2v) is 7.37. The summed E-state index contributed by atoms with van der Waals surface area (Å²) in [4.78, 5) is 41.9. The first-order valence-corrected chi connectivity index (χ1v) is 9.90. The van der Waals surface area contributed by atoms with E-state index in [2.05, 4.69) is 0 Å². The minimum Gasteiger partial charge on any atom is -0.332 e. The number of fused-ring (bicyclic) bond motifs is 1. The molecule has 3 aromatic rings. The van der Waals surface area contributed by atoms with Crippen molar-refractivity contribution in [3.63, 3.8) is 0 Å². The topological polar surface area (TPSA) is 57.7 Å². The first-order chi connectivity index (χ1) is 14.6. The van der Waals surface area contributed by atoms with E-state index in [0.717, 1.165) is 16.0 Å². The fourth-order valence-electron chi connectivity index (χ4n) is 3.75. The molecule has 0 unspecified atom stereocenters. The third-order valence-electron chi connectivity index (χ3n) is 5.31. The van der Waals surface area contributed by atoms with Gasteiger partial charge in [0.25, 0.3) is 11.8 Å². The summed E-state index contributed by atoms with van der Waals surface area (Å²) in [6.45, 7) is 2.40. The van der Waals surface area contributed by atoms with E-state index in [1.54, 1.807) is 36.1 Å². The Hall–Kier alpha value is -3.73. The lowest BCUT2D eigenvalue weighted by Crippen LogP contribution is -2.49. The summed E-state index contributed by atoms with van der Waals surface area (Å²) >= 11 is 0. The quantitative estimate of drug-likeness (QED) is 0.592. The van der Waals surface area contributed by atoms with E-state index in [-0.39, 0.29) is 5.91 Å². The molecular weight excluding hydrogens is 376 g/mol. The SMILES string of the molecule is C[C@H](C(=O)N(Cc1ccccc1)Cc1ccccc1)N1C(=O)c2ccccc2C1=O. The molecule has 0 bridgehead atoms.